The fourth-order valence-corrected chi connectivity index (χ4v) is 4.68. The van der Waals surface area contributed by atoms with Crippen molar-refractivity contribution in [1.29, 1.82) is 0 Å². The fourth-order valence-electron chi connectivity index (χ4n) is 3.56. The highest BCUT2D eigenvalue weighted by Crippen LogP contribution is 2.24. The smallest absolute Gasteiger partial charge is 0.255 e. The number of sulfonamides is 1. The van der Waals surface area contributed by atoms with Gasteiger partial charge in [0.1, 0.15) is 0 Å². The summed E-state index contributed by atoms with van der Waals surface area (Å²) in [5.41, 5.74) is 2.38. The quantitative estimate of drug-likeness (QED) is 0.672. The maximum atomic E-state index is 13.0. The number of halogens is 1. The summed E-state index contributed by atoms with van der Waals surface area (Å²) in [5.74, 6) is -0.323. The summed E-state index contributed by atoms with van der Waals surface area (Å²) in [6, 6.07) is 12.5. The van der Waals surface area contributed by atoms with E-state index in [4.69, 9.17) is 11.6 Å². The summed E-state index contributed by atoms with van der Waals surface area (Å²) in [7, 11) is 0.933. The second-order valence-corrected chi connectivity index (χ2v) is 10.4. The Hall–Kier alpha value is -2.09. The largest absolute Gasteiger partial charge is 0.372 e. The average Bonchev–Trinajstić information content (AvgIpc) is 2.74. The van der Waals surface area contributed by atoms with Gasteiger partial charge in [0.25, 0.3) is 5.91 Å². The normalized spacial score (nSPS) is 14.8. The highest BCUT2D eigenvalue weighted by molar-refractivity contribution is 7.89. The molecular formula is C22H28ClN3O3S. The van der Waals surface area contributed by atoms with E-state index in [0.717, 1.165) is 23.0 Å². The summed E-state index contributed by atoms with van der Waals surface area (Å²) in [5, 5.41) is 0.227. The third-order valence-electron chi connectivity index (χ3n) is 5.37. The first kappa shape index (κ1) is 22.6. The highest BCUT2D eigenvalue weighted by Gasteiger charge is 2.22. The fraction of sp³-hybridized carbons (Fsp3) is 0.409. The van der Waals surface area contributed by atoms with Crippen molar-refractivity contribution in [3.8, 4) is 0 Å². The molecule has 1 amide bonds. The summed E-state index contributed by atoms with van der Waals surface area (Å²) in [6.07, 6.45) is 3.74. The van der Waals surface area contributed by atoms with Gasteiger partial charge in [-0.2, -0.15) is 0 Å². The second kappa shape index (κ2) is 9.37. The van der Waals surface area contributed by atoms with E-state index >= 15 is 0 Å². The molecule has 1 fully saturated rings. The minimum Gasteiger partial charge on any atom is -0.372 e. The van der Waals surface area contributed by atoms with E-state index in [1.54, 1.807) is 11.9 Å². The van der Waals surface area contributed by atoms with E-state index in [9.17, 15) is 13.2 Å². The number of anilines is 1. The number of piperidine rings is 1. The topological polar surface area (TPSA) is 60.9 Å². The van der Waals surface area contributed by atoms with Gasteiger partial charge in [0.15, 0.2) is 0 Å². The van der Waals surface area contributed by atoms with Crippen molar-refractivity contribution >= 4 is 33.2 Å². The first-order valence-electron chi connectivity index (χ1n) is 10.0. The molecule has 0 spiro atoms. The van der Waals surface area contributed by atoms with Crippen LogP contribution in [0.25, 0.3) is 0 Å². The van der Waals surface area contributed by atoms with Crippen molar-refractivity contribution in [3.63, 3.8) is 0 Å². The van der Waals surface area contributed by atoms with Crippen LogP contribution in [-0.2, 0) is 16.6 Å². The molecule has 0 N–H and O–H groups in total. The van der Waals surface area contributed by atoms with Gasteiger partial charge < -0.3 is 9.80 Å². The minimum absolute atomic E-state index is 0.0412. The van der Waals surface area contributed by atoms with Crippen molar-refractivity contribution in [1.82, 2.24) is 9.21 Å². The van der Waals surface area contributed by atoms with Crippen LogP contribution in [0.2, 0.25) is 5.02 Å². The molecule has 0 unspecified atom stereocenters. The summed E-state index contributed by atoms with van der Waals surface area (Å²) in [6.45, 7) is 2.57. The van der Waals surface area contributed by atoms with Gasteiger partial charge in [0.05, 0.1) is 15.5 Å². The van der Waals surface area contributed by atoms with Crippen molar-refractivity contribution < 1.29 is 13.2 Å². The molecular weight excluding hydrogens is 422 g/mol. The Morgan fingerprint density at radius 3 is 2.23 bits per heavy atom. The van der Waals surface area contributed by atoms with Gasteiger partial charge in [0.2, 0.25) is 10.0 Å². The van der Waals surface area contributed by atoms with E-state index in [-0.39, 0.29) is 21.4 Å². The summed E-state index contributed by atoms with van der Waals surface area (Å²) >= 11 is 6.21. The van der Waals surface area contributed by atoms with E-state index in [1.807, 2.05) is 12.1 Å². The summed E-state index contributed by atoms with van der Waals surface area (Å²) in [4.78, 5) is 16.9. The Labute approximate surface area is 184 Å². The molecule has 6 nitrogen and oxygen atoms in total. The van der Waals surface area contributed by atoms with Crippen LogP contribution in [0.5, 0.6) is 0 Å². The van der Waals surface area contributed by atoms with Crippen molar-refractivity contribution in [2.75, 3.05) is 39.1 Å². The van der Waals surface area contributed by atoms with Crippen LogP contribution in [0, 0.1) is 0 Å². The molecule has 1 aliphatic rings. The lowest BCUT2D eigenvalue weighted by Crippen LogP contribution is -2.29. The molecule has 0 saturated carbocycles. The van der Waals surface area contributed by atoms with Crippen LogP contribution in [0.4, 0.5) is 5.69 Å². The second-order valence-electron chi connectivity index (χ2n) is 7.80. The SMILES string of the molecule is CN(Cc1ccc(N2CCCCC2)cc1)C(=O)c1cc(S(=O)(=O)N(C)C)ccc1Cl. The van der Waals surface area contributed by atoms with Crippen LogP contribution in [0.1, 0.15) is 35.2 Å². The molecule has 0 aromatic heterocycles. The van der Waals surface area contributed by atoms with E-state index in [2.05, 4.69) is 17.0 Å². The monoisotopic (exact) mass is 449 g/mol. The lowest BCUT2D eigenvalue weighted by atomic mass is 10.1. The molecule has 8 heteroatoms. The number of hydrogen-bond acceptors (Lipinski definition) is 4. The van der Waals surface area contributed by atoms with Crippen LogP contribution < -0.4 is 4.90 Å². The predicted octanol–water partition coefficient (Wildman–Crippen LogP) is 3.85. The Kier molecular flexibility index (Phi) is 7.06. The number of rotatable bonds is 6. The zero-order valence-electron chi connectivity index (χ0n) is 17.6. The zero-order valence-corrected chi connectivity index (χ0v) is 19.2. The molecule has 0 atom stereocenters. The van der Waals surface area contributed by atoms with Gasteiger partial charge in [-0.15, -0.1) is 0 Å². The number of nitrogens with zero attached hydrogens (tertiary/aromatic N) is 3. The third-order valence-corrected chi connectivity index (χ3v) is 7.51. The van der Waals surface area contributed by atoms with Gasteiger partial charge in [-0.25, -0.2) is 12.7 Å². The van der Waals surface area contributed by atoms with Crippen LogP contribution in [-0.4, -0.2) is 57.8 Å². The number of amides is 1. The van der Waals surface area contributed by atoms with Gasteiger partial charge >= 0.3 is 0 Å². The maximum Gasteiger partial charge on any atom is 0.255 e. The van der Waals surface area contributed by atoms with Crippen LogP contribution >= 0.6 is 11.6 Å². The van der Waals surface area contributed by atoms with Crippen molar-refractivity contribution in [2.24, 2.45) is 0 Å². The predicted molar refractivity (Wildman–Crippen MR) is 121 cm³/mol. The minimum atomic E-state index is -3.65. The molecule has 0 bridgehead atoms. The van der Waals surface area contributed by atoms with Crippen LogP contribution in [0.3, 0.4) is 0 Å². The van der Waals surface area contributed by atoms with Gasteiger partial charge in [-0.3, -0.25) is 4.79 Å². The molecule has 162 valence electrons. The molecule has 0 radical (unpaired) electrons. The molecule has 0 aliphatic carbocycles. The Morgan fingerprint density at radius 1 is 1.00 bits per heavy atom. The molecule has 2 aromatic rings. The van der Waals surface area contributed by atoms with Crippen LogP contribution in [0.15, 0.2) is 47.4 Å². The molecule has 30 heavy (non-hydrogen) atoms. The molecule has 2 aromatic carbocycles. The molecule has 1 saturated heterocycles. The molecule has 1 heterocycles. The Morgan fingerprint density at radius 2 is 1.63 bits per heavy atom. The molecule has 1 aliphatic heterocycles. The zero-order chi connectivity index (χ0) is 21.9. The number of carbonyl (C=O) groups excluding carboxylic acids is 1. The van der Waals surface area contributed by atoms with E-state index in [1.165, 1.54) is 57.2 Å². The maximum absolute atomic E-state index is 13.0. The third kappa shape index (κ3) is 4.96. The highest BCUT2D eigenvalue weighted by atomic mass is 35.5. The van der Waals surface area contributed by atoms with Gasteiger partial charge in [-0.05, 0) is 55.2 Å². The van der Waals surface area contributed by atoms with E-state index < -0.39 is 10.0 Å². The standard InChI is InChI=1S/C22H28ClN3O3S/c1-24(2)30(28,29)19-11-12-21(23)20(15-19)22(27)25(3)16-17-7-9-18(10-8-17)26-13-5-4-6-14-26/h7-12,15H,4-6,13-14,16H2,1-3H3. The first-order valence-corrected chi connectivity index (χ1v) is 11.8. The van der Waals surface area contributed by atoms with Gasteiger partial charge in [0, 0.05) is 46.5 Å². The van der Waals surface area contributed by atoms with Crippen molar-refractivity contribution in [3.05, 3.63) is 58.6 Å². The Bertz CT molecular complexity index is 1000. The summed E-state index contributed by atoms with van der Waals surface area (Å²) < 4.78 is 25.9. The van der Waals surface area contributed by atoms with Gasteiger partial charge in [-0.1, -0.05) is 23.7 Å². The lowest BCUT2D eigenvalue weighted by molar-refractivity contribution is 0.0785. The number of benzene rings is 2. The lowest BCUT2D eigenvalue weighted by Gasteiger charge is -2.29. The first-order chi connectivity index (χ1) is 14.2. The Balaban J connectivity index is 1.74. The molecule has 3 rings (SSSR count). The number of carbonyl (C=O) groups is 1. The average molecular weight is 450 g/mol. The van der Waals surface area contributed by atoms with E-state index in [0.29, 0.717) is 6.54 Å². The van der Waals surface area contributed by atoms with Crippen molar-refractivity contribution in [2.45, 2.75) is 30.7 Å². The number of hydrogen-bond donors (Lipinski definition) is 0.